The highest BCUT2D eigenvalue weighted by Crippen LogP contribution is 2.37. The van der Waals surface area contributed by atoms with Gasteiger partial charge in [0, 0.05) is 34.6 Å². The predicted molar refractivity (Wildman–Crippen MR) is 131 cm³/mol. The molecule has 1 unspecified atom stereocenters. The van der Waals surface area contributed by atoms with Crippen molar-refractivity contribution in [1.29, 1.82) is 0 Å². The van der Waals surface area contributed by atoms with Gasteiger partial charge >= 0.3 is 0 Å². The third kappa shape index (κ3) is 4.28. The number of benzene rings is 3. The second-order valence-electron chi connectivity index (χ2n) is 7.87. The summed E-state index contributed by atoms with van der Waals surface area (Å²) in [4.78, 5) is 42.3. The zero-order valence-electron chi connectivity index (χ0n) is 18.3. The van der Waals surface area contributed by atoms with Crippen molar-refractivity contribution in [1.82, 2.24) is 10.2 Å². The summed E-state index contributed by atoms with van der Waals surface area (Å²) in [6.07, 6.45) is 0.403. The number of hydrogen-bond donors (Lipinski definition) is 1. The molecule has 3 aromatic rings. The van der Waals surface area contributed by atoms with E-state index in [4.69, 9.17) is 23.2 Å². The maximum Gasteiger partial charge on any atom is 0.259 e. The van der Waals surface area contributed by atoms with Crippen LogP contribution in [0, 0.1) is 0 Å². The fourth-order valence-corrected chi connectivity index (χ4v) is 4.75. The molecule has 33 heavy (non-hydrogen) atoms. The average Bonchev–Trinajstić information content (AvgIpc) is 3.08. The summed E-state index contributed by atoms with van der Waals surface area (Å²) in [6.45, 7) is 1.76. The van der Waals surface area contributed by atoms with E-state index in [1.807, 2.05) is 37.3 Å². The first-order chi connectivity index (χ1) is 15.8. The van der Waals surface area contributed by atoms with Crippen molar-refractivity contribution >= 4 is 57.4 Å². The fourth-order valence-electron chi connectivity index (χ4n) is 4.28. The Labute approximate surface area is 202 Å². The molecule has 170 valence electrons. The molecule has 1 heterocycles. The Kier molecular flexibility index (Phi) is 6.58. The lowest BCUT2D eigenvalue weighted by molar-refractivity contribution is -0.140. The Hall–Kier alpha value is -3.09. The molecule has 0 spiro atoms. The minimum Gasteiger partial charge on any atom is -0.357 e. The number of carbonyl (C=O) groups excluding carboxylic acids is 3. The Morgan fingerprint density at radius 1 is 1.09 bits per heavy atom. The monoisotopic (exact) mass is 483 g/mol. The number of halogens is 2. The molecule has 0 aromatic heterocycles. The van der Waals surface area contributed by atoms with Crippen molar-refractivity contribution in [2.24, 2.45) is 0 Å². The molecule has 1 aliphatic rings. The van der Waals surface area contributed by atoms with Gasteiger partial charge in [0.2, 0.25) is 11.8 Å². The lowest BCUT2D eigenvalue weighted by Gasteiger charge is -2.32. The van der Waals surface area contributed by atoms with Gasteiger partial charge in [-0.2, -0.15) is 0 Å². The highest BCUT2D eigenvalue weighted by Gasteiger charge is 2.35. The molecular formula is C25H23Cl2N3O3. The van der Waals surface area contributed by atoms with E-state index in [0.29, 0.717) is 33.3 Å². The average molecular weight is 484 g/mol. The second-order valence-corrected chi connectivity index (χ2v) is 8.71. The molecule has 3 amide bonds. The van der Waals surface area contributed by atoms with E-state index in [2.05, 4.69) is 5.32 Å². The van der Waals surface area contributed by atoms with Crippen molar-refractivity contribution < 1.29 is 14.4 Å². The van der Waals surface area contributed by atoms with Gasteiger partial charge in [-0.1, -0.05) is 60.5 Å². The molecule has 1 aliphatic heterocycles. The van der Waals surface area contributed by atoms with Gasteiger partial charge in [0.05, 0.1) is 5.69 Å². The topological polar surface area (TPSA) is 69.7 Å². The minimum absolute atomic E-state index is 0.111. The van der Waals surface area contributed by atoms with Crippen molar-refractivity contribution in [3.63, 3.8) is 0 Å². The number of nitrogens with zero attached hydrogens (tertiary/aromatic N) is 2. The molecule has 8 heteroatoms. The van der Waals surface area contributed by atoms with Crippen LogP contribution in [0.1, 0.15) is 29.3 Å². The van der Waals surface area contributed by atoms with Crippen LogP contribution in [0.3, 0.4) is 0 Å². The molecular weight excluding hydrogens is 461 g/mol. The lowest BCUT2D eigenvalue weighted by Crippen LogP contribution is -2.51. The van der Waals surface area contributed by atoms with Crippen LogP contribution >= 0.6 is 23.2 Å². The summed E-state index contributed by atoms with van der Waals surface area (Å²) >= 11 is 12.4. The maximum absolute atomic E-state index is 13.6. The normalized spacial score (nSPS) is 13.3. The SMILES string of the molecule is CCC(C(=O)NC)N(Cc1ccc(Cl)cc1Cl)C(=O)CN1C(=O)c2cccc3cccc1c23. The summed E-state index contributed by atoms with van der Waals surface area (Å²) in [5.41, 5.74) is 1.93. The summed E-state index contributed by atoms with van der Waals surface area (Å²) in [5, 5.41) is 5.29. The Bertz CT molecular complexity index is 1260. The number of anilines is 1. The highest BCUT2D eigenvalue weighted by molar-refractivity contribution is 6.35. The molecule has 6 nitrogen and oxygen atoms in total. The Balaban J connectivity index is 1.68. The van der Waals surface area contributed by atoms with Crippen molar-refractivity contribution in [3.8, 4) is 0 Å². The van der Waals surface area contributed by atoms with E-state index in [1.54, 1.807) is 24.3 Å². The smallest absolute Gasteiger partial charge is 0.259 e. The summed E-state index contributed by atoms with van der Waals surface area (Å²) in [5.74, 6) is -0.865. The first-order valence-electron chi connectivity index (χ1n) is 10.6. The van der Waals surface area contributed by atoms with E-state index in [1.165, 1.54) is 16.8 Å². The number of nitrogens with one attached hydrogen (secondary N) is 1. The highest BCUT2D eigenvalue weighted by atomic mass is 35.5. The van der Waals surface area contributed by atoms with Gasteiger partial charge in [-0.05, 0) is 41.6 Å². The van der Waals surface area contributed by atoms with E-state index in [-0.39, 0.29) is 30.8 Å². The minimum atomic E-state index is -0.717. The molecule has 0 bridgehead atoms. The fraction of sp³-hybridized carbons (Fsp3) is 0.240. The van der Waals surface area contributed by atoms with Gasteiger partial charge in [0.1, 0.15) is 12.6 Å². The maximum atomic E-state index is 13.6. The zero-order valence-corrected chi connectivity index (χ0v) is 19.8. The number of hydrogen-bond acceptors (Lipinski definition) is 3. The molecule has 1 N–H and O–H groups in total. The number of carbonyl (C=O) groups is 3. The zero-order chi connectivity index (χ0) is 23.7. The predicted octanol–water partition coefficient (Wildman–Crippen LogP) is 4.66. The van der Waals surface area contributed by atoms with Crippen LogP contribution < -0.4 is 10.2 Å². The number of rotatable bonds is 7. The van der Waals surface area contributed by atoms with Gasteiger partial charge in [-0.15, -0.1) is 0 Å². The van der Waals surface area contributed by atoms with Crippen molar-refractivity contribution in [2.75, 3.05) is 18.5 Å². The Morgan fingerprint density at radius 3 is 2.48 bits per heavy atom. The molecule has 0 aliphatic carbocycles. The van der Waals surface area contributed by atoms with Crippen LogP contribution in [0.25, 0.3) is 10.8 Å². The molecule has 0 fully saturated rings. The molecule has 0 saturated heterocycles. The van der Waals surface area contributed by atoms with E-state index < -0.39 is 6.04 Å². The molecule has 3 aromatic carbocycles. The second kappa shape index (κ2) is 9.41. The lowest BCUT2D eigenvalue weighted by atomic mass is 10.1. The van der Waals surface area contributed by atoms with Crippen molar-refractivity contribution in [3.05, 3.63) is 75.8 Å². The summed E-state index contributed by atoms with van der Waals surface area (Å²) in [7, 11) is 1.53. The summed E-state index contributed by atoms with van der Waals surface area (Å²) < 4.78 is 0. The van der Waals surface area contributed by atoms with E-state index >= 15 is 0 Å². The van der Waals surface area contributed by atoms with Crippen LogP contribution in [-0.4, -0.2) is 42.3 Å². The van der Waals surface area contributed by atoms with Crippen LogP contribution in [0.2, 0.25) is 10.0 Å². The third-order valence-corrected chi connectivity index (χ3v) is 6.52. The molecule has 0 saturated carbocycles. The van der Waals surface area contributed by atoms with Gasteiger partial charge in [0.15, 0.2) is 0 Å². The van der Waals surface area contributed by atoms with Crippen LogP contribution in [0.5, 0.6) is 0 Å². The quantitative estimate of drug-likeness (QED) is 0.531. The van der Waals surface area contributed by atoms with Gasteiger partial charge in [0.25, 0.3) is 5.91 Å². The van der Waals surface area contributed by atoms with Gasteiger partial charge in [-0.25, -0.2) is 0 Å². The van der Waals surface area contributed by atoms with Crippen molar-refractivity contribution in [2.45, 2.75) is 25.9 Å². The Morgan fingerprint density at radius 2 is 1.82 bits per heavy atom. The number of amides is 3. The van der Waals surface area contributed by atoms with Crippen LogP contribution in [0.4, 0.5) is 5.69 Å². The van der Waals surface area contributed by atoms with Crippen LogP contribution in [0.15, 0.2) is 54.6 Å². The molecule has 4 rings (SSSR count). The van der Waals surface area contributed by atoms with Crippen LogP contribution in [-0.2, 0) is 16.1 Å². The van der Waals surface area contributed by atoms with Gasteiger partial charge in [-0.3, -0.25) is 19.3 Å². The summed E-state index contributed by atoms with van der Waals surface area (Å²) in [6, 6.07) is 15.5. The molecule has 0 radical (unpaired) electrons. The first-order valence-corrected chi connectivity index (χ1v) is 11.4. The number of likely N-dealkylation sites (N-methyl/N-ethyl adjacent to an activating group) is 1. The first kappa shape index (κ1) is 23.1. The standard InChI is InChI=1S/C25H23Cl2N3O3/c1-3-20(24(32)28-2)29(13-16-10-11-17(26)12-19(16)27)22(31)14-30-21-9-5-7-15-6-4-8-18(23(15)21)25(30)33/h4-12,20H,3,13-14H2,1-2H3,(H,28,32). The van der Waals surface area contributed by atoms with Gasteiger partial charge < -0.3 is 10.2 Å². The van der Waals surface area contributed by atoms with E-state index in [0.717, 1.165) is 10.8 Å². The molecule has 1 atom stereocenters. The third-order valence-electron chi connectivity index (χ3n) is 5.93. The largest absolute Gasteiger partial charge is 0.357 e. The van der Waals surface area contributed by atoms with E-state index in [9.17, 15) is 14.4 Å².